The molecule has 2 N–H and O–H groups in total. The Kier molecular flexibility index (Phi) is 5.13. The normalized spacial score (nSPS) is 20.8. The predicted octanol–water partition coefficient (Wildman–Crippen LogP) is 1.23. The summed E-state index contributed by atoms with van der Waals surface area (Å²) in [6, 6.07) is 5.40. The number of aliphatic hydroxyl groups is 1. The number of aliphatic hydroxyl groups excluding tert-OH is 1. The first-order valence-electron chi connectivity index (χ1n) is 7.34. The lowest BCUT2D eigenvalue weighted by Crippen LogP contribution is -2.38. The second-order valence-corrected chi connectivity index (χ2v) is 5.89. The van der Waals surface area contributed by atoms with E-state index in [9.17, 15) is 19.1 Å². The van der Waals surface area contributed by atoms with Gasteiger partial charge < -0.3 is 15.3 Å². The molecule has 2 rings (SSSR count). The molecule has 1 aromatic rings. The van der Waals surface area contributed by atoms with Gasteiger partial charge in [0.25, 0.3) is 0 Å². The van der Waals surface area contributed by atoms with Gasteiger partial charge in [0.15, 0.2) is 0 Å². The highest BCUT2D eigenvalue weighted by Crippen LogP contribution is 2.20. The Labute approximate surface area is 129 Å². The lowest BCUT2D eigenvalue weighted by molar-refractivity contribution is -0.128. The van der Waals surface area contributed by atoms with E-state index < -0.39 is 6.10 Å². The van der Waals surface area contributed by atoms with Crippen molar-refractivity contribution in [3.05, 3.63) is 35.6 Å². The lowest BCUT2D eigenvalue weighted by Gasteiger charge is -2.20. The maximum atomic E-state index is 12.9. The number of rotatable bonds is 5. The zero-order valence-corrected chi connectivity index (χ0v) is 12.8. The Hall–Kier alpha value is -1.95. The van der Waals surface area contributed by atoms with E-state index in [1.54, 1.807) is 18.9 Å². The number of carbonyl (C=O) groups excluding carboxylic acids is 2. The fraction of sp³-hybridized carbons (Fsp3) is 0.500. The molecule has 0 saturated carbocycles. The Morgan fingerprint density at radius 1 is 1.45 bits per heavy atom. The summed E-state index contributed by atoms with van der Waals surface area (Å²) in [7, 11) is 1.68. The van der Waals surface area contributed by atoms with Crippen molar-refractivity contribution in [1.29, 1.82) is 0 Å². The van der Waals surface area contributed by atoms with Crippen molar-refractivity contribution in [2.75, 3.05) is 13.6 Å². The molecule has 0 aromatic heterocycles. The van der Waals surface area contributed by atoms with Gasteiger partial charge in [-0.05, 0) is 31.0 Å². The zero-order chi connectivity index (χ0) is 16.3. The third kappa shape index (κ3) is 4.04. The quantitative estimate of drug-likeness (QED) is 0.859. The van der Waals surface area contributed by atoms with Crippen molar-refractivity contribution in [3.8, 4) is 0 Å². The third-order valence-electron chi connectivity index (χ3n) is 3.93. The van der Waals surface area contributed by atoms with Crippen molar-refractivity contribution in [2.45, 2.75) is 31.9 Å². The van der Waals surface area contributed by atoms with Gasteiger partial charge in [-0.15, -0.1) is 0 Å². The van der Waals surface area contributed by atoms with E-state index in [2.05, 4.69) is 5.32 Å². The van der Waals surface area contributed by atoms with E-state index in [-0.39, 0.29) is 36.0 Å². The number of benzene rings is 1. The zero-order valence-electron chi connectivity index (χ0n) is 12.8. The van der Waals surface area contributed by atoms with Crippen LogP contribution in [0.25, 0.3) is 0 Å². The minimum Gasteiger partial charge on any atom is -0.388 e. The molecule has 1 heterocycles. The van der Waals surface area contributed by atoms with Gasteiger partial charge in [0.05, 0.1) is 12.0 Å². The van der Waals surface area contributed by atoms with E-state index in [1.165, 1.54) is 24.3 Å². The summed E-state index contributed by atoms with van der Waals surface area (Å²) in [5.41, 5.74) is 0.610. The molecule has 120 valence electrons. The molecule has 1 aliphatic heterocycles. The van der Waals surface area contributed by atoms with Gasteiger partial charge in [-0.2, -0.15) is 0 Å². The van der Waals surface area contributed by atoms with Crippen LogP contribution in [0.2, 0.25) is 0 Å². The number of halogens is 1. The maximum Gasteiger partial charge on any atom is 0.225 e. The van der Waals surface area contributed by atoms with Crippen LogP contribution in [0.3, 0.4) is 0 Å². The van der Waals surface area contributed by atoms with Crippen LogP contribution < -0.4 is 5.32 Å². The fourth-order valence-corrected chi connectivity index (χ4v) is 2.61. The van der Waals surface area contributed by atoms with Gasteiger partial charge in [0.1, 0.15) is 5.82 Å². The van der Waals surface area contributed by atoms with Crippen LogP contribution in [0, 0.1) is 11.7 Å². The molecule has 3 atom stereocenters. The molecular weight excluding hydrogens is 287 g/mol. The second-order valence-electron chi connectivity index (χ2n) is 5.89. The molecule has 1 aliphatic rings. The first-order valence-corrected chi connectivity index (χ1v) is 7.34. The molecule has 0 spiro atoms. The van der Waals surface area contributed by atoms with Crippen LogP contribution in [0.1, 0.15) is 31.4 Å². The molecule has 1 saturated heterocycles. The van der Waals surface area contributed by atoms with Crippen molar-refractivity contribution >= 4 is 11.8 Å². The largest absolute Gasteiger partial charge is 0.388 e. The molecule has 1 aromatic carbocycles. The van der Waals surface area contributed by atoms with Gasteiger partial charge in [-0.25, -0.2) is 4.39 Å². The number of nitrogens with one attached hydrogen (secondary N) is 1. The standard InChI is InChI=1S/C16H21FN2O3/c1-10(7-14(20)11-3-5-13(17)6-4-11)18-16(22)12-8-15(21)19(2)9-12/h3-6,10,12,14,20H,7-9H2,1-2H3,(H,18,22). The average molecular weight is 308 g/mol. The molecule has 0 aliphatic carbocycles. The van der Waals surface area contributed by atoms with Crippen LogP contribution in [0.15, 0.2) is 24.3 Å². The fourth-order valence-electron chi connectivity index (χ4n) is 2.61. The molecule has 2 amide bonds. The highest BCUT2D eigenvalue weighted by molar-refractivity contribution is 5.89. The summed E-state index contributed by atoms with van der Waals surface area (Å²) in [5.74, 6) is -0.883. The van der Waals surface area contributed by atoms with Gasteiger partial charge in [0.2, 0.25) is 11.8 Å². The summed E-state index contributed by atoms with van der Waals surface area (Å²) in [4.78, 5) is 25.1. The number of amides is 2. The van der Waals surface area contributed by atoms with Gasteiger partial charge in [0, 0.05) is 26.1 Å². The second kappa shape index (κ2) is 6.87. The van der Waals surface area contributed by atoms with Gasteiger partial charge in [-0.3, -0.25) is 9.59 Å². The topological polar surface area (TPSA) is 69.6 Å². The van der Waals surface area contributed by atoms with Crippen LogP contribution in [-0.2, 0) is 9.59 Å². The number of carbonyl (C=O) groups is 2. The highest BCUT2D eigenvalue weighted by atomic mass is 19.1. The lowest BCUT2D eigenvalue weighted by atomic mass is 10.0. The molecule has 0 radical (unpaired) electrons. The molecular formula is C16H21FN2O3. The Bertz CT molecular complexity index is 547. The summed E-state index contributed by atoms with van der Waals surface area (Å²) in [5, 5.41) is 12.9. The molecule has 3 unspecified atom stereocenters. The number of hydrogen-bond acceptors (Lipinski definition) is 3. The van der Waals surface area contributed by atoms with Crippen LogP contribution >= 0.6 is 0 Å². The van der Waals surface area contributed by atoms with E-state index >= 15 is 0 Å². The summed E-state index contributed by atoms with van der Waals surface area (Å²) < 4.78 is 12.9. The smallest absolute Gasteiger partial charge is 0.225 e. The molecule has 22 heavy (non-hydrogen) atoms. The SMILES string of the molecule is CC(CC(O)c1ccc(F)cc1)NC(=O)C1CC(=O)N(C)C1. The van der Waals surface area contributed by atoms with Crippen LogP contribution in [0.5, 0.6) is 0 Å². The molecule has 5 nitrogen and oxygen atoms in total. The maximum absolute atomic E-state index is 12.9. The summed E-state index contributed by atoms with van der Waals surface area (Å²) in [6.07, 6.45) is -0.215. The first-order chi connectivity index (χ1) is 10.4. The van der Waals surface area contributed by atoms with E-state index in [0.717, 1.165) is 0 Å². The van der Waals surface area contributed by atoms with Crippen molar-refractivity contribution < 1.29 is 19.1 Å². The molecule has 1 fully saturated rings. The summed E-state index contributed by atoms with van der Waals surface area (Å²) in [6.45, 7) is 2.23. The highest BCUT2D eigenvalue weighted by Gasteiger charge is 2.32. The number of nitrogens with zero attached hydrogens (tertiary/aromatic N) is 1. The minimum atomic E-state index is -0.774. The van der Waals surface area contributed by atoms with Crippen molar-refractivity contribution in [1.82, 2.24) is 10.2 Å². The Balaban J connectivity index is 1.84. The van der Waals surface area contributed by atoms with E-state index in [4.69, 9.17) is 0 Å². The van der Waals surface area contributed by atoms with E-state index in [0.29, 0.717) is 18.5 Å². The molecule has 0 bridgehead atoms. The van der Waals surface area contributed by atoms with Crippen LogP contribution in [0.4, 0.5) is 4.39 Å². The Morgan fingerprint density at radius 3 is 2.64 bits per heavy atom. The monoisotopic (exact) mass is 308 g/mol. The predicted molar refractivity (Wildman–Crippen MR) is 79.3 cm³/mol. The number of hydrogen-bond donors (Lipinski definition) is 2. The van der Waals surface area contributed by atoms with Crippen LogP contribution in [-0.4, -0.2) is 41.5 Å². The van der Waals surface area contributed by atoms with Gasteiger partial charge >= 0.3 is 0 Å². The summed E-state index contributed by atoms with van der Waals surface area (Å²) >= 11 is 0. The third-order valence-corrected chi connectivity index (χ3v) is 3.93. The van der Waals surface area contributed by atoms with Gasteiger partial charge in [-0.1, -0.05) is 12.1 Å². The number of likely N-dealkylation sites (tertiary alicyclic amines) is 1. The first kappa shape index (κ1) is 16.4. The average Bonchev–Trinajstić information content (AvgIpc) is 2.79. The van der Waals surface area contributed by atoms with Crippen molar-refractivity contribution in [2.24, 2.45) is 5.92 Å². The molecule has 6 heteroatoms. The van der Waals surface area contributed by atoms with E-state index in [1.807, 2.05) is 0 Å². The van der Waals surface area contributed by atoms with Crippen molar-refractivity contribution in [3.63, 3.8) is 0 Å². The Morgan fingerprint density at radius 2 is 2.09 bits per heavy atom. The minimum absolute atomic E-state index is 0.0286.